The minimum atomic E-state index is -0.784. The van der Waals surface area contributed by atoms with Crippen molar-refractivity contribution in [2.24, 2.45) is 0 Å². The van der Waals surface area contributed by atoms with Gasteiger partial charge in [0, 0.05) is 19.3 Å². The van der Waals surface area contributed by atoms with Crippen LogP contribution in [0, 0.1) is 0 Å². The van der Waals surface area contributed by atoms with Crippen LogP contribution in [-0.4, -0.2) is 37.2 Å². The van der Waals surface area contributed by atoms with Crippen molar-refractivity contribution >= 4 is 17.9 Å². The Morgan fingerprint density at radius 1 is 0.284 bits per heavy atom. The van der Waals surface area contributed by atoms with E-state index in [4.69, 9.17) is 14.2 Å². The first-order chi connectivity index (χ1) is 36.5. The van der Waals surface area contributed by atoms with Crippen LogP contribution in [0.3, 0.4) is 0 Å². The molecule has 74 heavy (non-hydrogen) atoms. The molecular weight excluding hydrogens is 913 g/mol. The minimum Gasteiger partial charge on any atom is -0.462 e. The Kier molecular flexibility index (Phi) is 60.2. The van der Waals surface area contributed by atoms with E-state index < -0.39 is 6.10 Å². The molecule has 0 aliphatic rings. The molecule has 6 nitrogen and oxygen atoms in total. The molecule has 430 valence electrons. The zero-order chi connectivity index (χ0) is 53.6. The average molecular weight is 1040 g/mol. The summed E-state index contributed by atoms with van der Waals surface area (Å²) in [7, 11) is 0. The number of hydrogen-bond acceptors (Lipinski definition) is 6. The summed E-state index contributed by atoms with van der Waals surface area (Å²) >= 11 is 0. The third-order valence-electron chi connectivity index (χ3n) is 14.3. The number of carbonyl (C=O) groups is 3. The van der Waals surface area contributed by atoms with Crippen LogP contribution in [0.2, 0.25) is 0 Å². The number of esters is 3. The van der Waals surface area contributed by atoms with Crippen LogP contribution < -0.4 is 0 Å². The minimum absolute atomic E-state index is 0.0799. The van der Waals surface area contributed by atoms with Crippen molar-refractivity contribution in [3.63, 3.8) is 0 Å². The number of allylic oxidation sites excluding steroid dienone is 10. The van der Waals surface area contributed by atoms with E-state index in [1.54, 1.807) is 0 Å². The molecule has 0 aromatic rings. The number of ether oxygens (including phenoxy) is 3. The number of unbranched alkanes of at least 4 members (excludes halogenated alkanes) is 38. The first kappa shape index (κ1) is 71.1. The van der Waals surface area contributed by atoms with Gasteiger partial charge in [-0.15, -0.1) is 0 Å². The lowest BCUT2D eigenvalue weighted by atomic mass is 10.0. The summed E-state index contributed by atoms with van der Waals surface area (Å²) in [4.78, 5) is 38.2. The Hall–Kier alpha value is -2.89. The van der Waals surface area contributed by atoms with Gasteiger partial charge in [0.15, 0.2) is 6.10 Å². The van der Waals surface area contributed by atoms with E-state index in [1.165, 1.54) is 193 Å². The van der Waals surface area contributed by atoms with Crippen LogP contribution in [0.4, 0.5) is 0 Å². The molecule has 0 amide bonds. The first-order valence-corrected chi connectivity index (χ1v) is 32.3. The van der Waals surface area contributed by atoms with Crippen molar-refractivity contribution in [1.82, 2.24) is 0 Å². The fourth-order valence-corrected chi connectivity index (χ4v) is 9.42. The van der Waals surface area contributed by atoms with Crippen molar-refractivity contribution in [3.8, 4) is 0 Å². The third-order valence-corrected chi connectivity index (χ3v) is 14.3. The van der Waals surface area contributed by atoms with Crippen molar-refractivity contribution < 1.29 is 28.6 Å². The van der Waals surface area contributed by atoms with E-state index in [2.05, 4.69) is 81.5 Å². The molecule has 0 aromatic heterocycles. The normalized spacial score (nSPS) is 12.4. The summed E-state index contributed by atoms with van der Waals surface area (Å²) in [5, 5.41) is 0. The maximum atomic E-state index is 12.9. The van der Waals surface area contributed by atoms with Crippen LogP contribution in [0.25, 0.3) is 0 Å². The zero-order valence-electron chi connectivity index (χ0n) is 49.4. The Bertz CT molecular complexity index is 1330. The van der Waals surface area contributed by atoms with E-state index in [0.29, 0.717) is 19.3 Å². The van der Waals surface area contributed by atoms with E-state index in [9.17, 15) is 14.4 Å². The summed E-state index contributed by atoms with van der Waals surface area (Å²) in [5.74, 6) is -0.888. The molecule has 0 bridgehead atoms. The summed E-state index contributed by atoms with van der Waals surface area (Å²) < 4.78 is 16.9. The van der Waals surface area contributed by atoms with Gasteiger partial charge in [-0.2, -0.15) is 0 Å². The third kappa shape index (κ3) is 60.0. The Morgan fingerprint density at radius 3 is 0.878 bits per heavy atom. The van der Waals surface area contributed by atoms with Gasteiger partial charge in [0.2, 0.25) is 0 Å². The van der Waals surface area contributed by atoms with Crippen LogP contribution in [-0.2, 0) is 28.6 Å². The predicted octanol–water partition coefficient (Wildman–Crippen LogP) is 21.9. The SMILES string of the molecule is CC/C=C\C/C=C\C/C=C\C/C=C\CCCCCCCCC(=O)OC(COC(=O)CCCCCCC/C=C\CCCC)COC(=O)CCCCCCCCCCCCCCCCCCCCCCCCCCCC. The van der Waals surface area contributed by atoms with E-state index in [0.717, 1.165) is 103 Å². The molecule has 0 rings (SSSR count). The molecule has 0 spiro atoms. The maximum absolute atomic E-state index is 12.9. The van der Waals surface area contributed by atoms with Gasteiger partial charge in [0.25, 0.3) is 0 Å². The van der Waals surface area contributed by atoms with Crippen molar-refractivity contribution in [2.75, 3.05) is 13.2 Å². The molecule has 0 fully saturated rings. The van der Waals surface area contributed by atoms with E-state index >= 15 is 0 Å². The second-order valence-electron chi connectivity index (χ2n) is 21.6. The molecule has 1 atom stereocenters. The molecule has 0 N–H and O–H groups in total. The highest BCUT2D eigenvalue weighted by atomic mass is 16.6. The number of hydrogen-bond donors (Lipinski definition) is 0. The summed E-state index contributed by atoms with van der Waals surface area (Å²) in [6, 6.07) is 0. The highest BCUT2D eigenvalue weighted by Crippen LogP contribution is 2.18. The molecular formula is C68H122O6. The van der Waals surface area contributed by atoms with Crippen LogP contribution >= 0.6 is 0 Å². The summed E-state index contributed by atoms with van der Waals surface area (Å²) in [6.45, 7) is 6.52. The molecule has 0 saturated heterocycles. The van der Waals surface area contributed by atoms with Gasteiger partial charge in [-0.3, -0.25) is 14.4 Å². The first-order valence-electron chi connectivity index (χ1n) is 32.3. The van der Waals surface area contributed by atoms with Crippen molar-refractivity contribution in [2.45, 2.75) is 341 Å². The second-order valence-corrected chi connectivity index (χ2v) is 21.6. The van der Waals surface area contributed by atoms with Crippen LogP contribution in [0.1, 0.15) is 335 Å². The topological polar surface area (TPSA) is 78.9 Å². The second kappa shape index (κ2) is 62.6. The smallest absolute Gasteiger partial charge is 0.306 e. The highest BCUT2D eigenvalue weighted by Gasteiger charge is 2.19. The Balaban J connectivity index is 4.22. The molecule has 0 saturated carbocycles. The van der Waals surface area contributed by atoms with Gasteiger partial charge >= 0.3 is 17.9 Å². The lowest BCUT2D eigenvalue weighted by Gasteiger charge is -2.18. The van der Waals surface area contributed by atoms with Gasteiger partial charge in [0.05, 0.1) is 0 Å². The van der Waals surface area contributed by atoms with E-state index in [1.807, 2.05) is 0 Å². The van der Waals surface area contributed by atoms with Crippen molar-refractivity contribution in [3.05, 3.63) is 60.8 Å². The average Bonchev–Trinajstić information content (AvgIpc) is 3.40. The zero-order valence-corrected chi connectivity index (χ0v) is 49.4. The molecule has 0 aliphatic heterocycles. The number of carbonyl (C=O) groups excluding carboxylic acids is 3. The fourth-order valence-electron chi connectivity index (χ4n) is 9.42. The van der Waals surface area contributed by atoms with Gasteiger partial charge in [-0.1, -0.05) is 300 Å². The van der Waals surface area contributed by atoms with E-state index in [-0.39, 0.29) is 31.1 Å². The number of rotatable bonds is 59. The van der Waals surface area contributed by atoms with Crippen molar-refractivity contribution in [1.29, 1.82) is 0 Å². The molecule has 0 radical (unpaired) electrons. The molecule has 6 heteroatoms. The molecule has 0 aromatic carbocycles. The Labute approximate surface area is 460 Å². The van der Waals surface area contributed by atoms with Crippen LogP contribution in [0.15, 0.2) is 60.8 Å². The molecule has 0 heterocycles. The molecule has 0 aliphatic carbocycles. The van der Waals surface area contributed by atoms with Crippen LogP contribution in [0.5, 0.6) is 0 Å². The Morgan fingerprint density at radius 2 is 0.541 bits per heavy atom. The predicted molar refractivity (Wildman–Crippen MR) is 321 cm³/mol. The highest BCUT2D eigenvalue weighted by molar-refractivity contribution is 5.71. The monoisotopic (exact) mass is 1030 g/mol. The quantitative estimate of drug-likeness (QED) is 0.0261. The van der Waals surface area contributed by atoms with Gasteiger partial charge in [0.1, 0.15) is 13.2 Å². The largest absolute Gasteiger partial charge is 0.462 e. The van der Waals surface area contributed by atoms with Gasteiger partial charge in [-0.25, -0.2) is 0 Å². The summed E-state index contributed by atoms with van der Waals surface area (Å²) in [5.41, 5.74) is 0. The maximum Gasteiger partial charge on any atom is 0.306 e. The molecule has 1 unspecified atom stereocenters. The van der Waals surface area contributed by atoms with Gasteiger partial charge in [-0.05, 0) is 77.0 Å². The lowest BCUT2D eigenvalue weighted by molar-refractivity contribution is -0.167. The standard InChI is InChI=1S/C68H122O6/c1-4-7-10-13-16-19-22-24-26-28-30-31-32-33-34-35-36-38-39-41-43-46-49-52-55-58-61-67(70)73-64-65(63-72-66(69)60-57-54-51-48-45-21-18-15-12-9-6-3)74-68(71)62-59-56-53-50-47-44-42-40-37-29-27-25-23-20-17-14-11-8-5-2/h8,11,15,17-18,20,25,27,37,40,65H,4-7,9-10,12-14,16,19,21-24,26,28-36,38-39,41-64H2,1-3H3/b11-8-,18-15-,20-17-,27-25-,40-37-. The lowest BCUT2D eigenvalue weighted by Crippen LogP contribution is -2.30. The summed E-state index contributed by atoms with van der Waals surface area (Å²) in [6.07, 6.45) is 79.6. The van der Waals surface area contributed by atoms with Gasteiger partial charge < -0.3 is 14.2 Å². The fraction of sp³-hybridized carbons (Fsp3) is 0.809.